The second kappa shape index (κ2) is 7.51. The number of nitrogen functional groups attached to an aromatic ring is 1. The Kier molecular flexibility index (Phi) is 5.14. The molecule has 0 unspecified atom stereocenters. The maximum atomic E-state index is 13.0. The number of nitrogens with zero attached hydrogens (tertiary/aromatic N) is 1. The van der Waals surface area contributed by atoms with Crippen molar-refractivity contribution in [1.29, 1.82) is 0 Å². The van der Waals surface area contributed by atoms with Gasteiger partial charge in [-0.1, -0.05) is 29.8 Å². The van der Waals surface area contributed by atoms with Crippen molar-refractivity contribution < 1.29 is 14.4 Å². The summed E-state index contributed by atoms with van der Waals surface area (Å²) >= 11 is 5.86. The van der Waals surface area contributed by atoms with E-state index in [2.05, 4.69) is 10.6 Å². The van der Waals surface area contributed by atoms with Gasteiger partial charge >= 0.3 is 6.03 Å². The number of barbiturate groups is 1. The third-order valence-electron chi connectivity index (χ3n) is 4.11. The first kappa shape index (κ1) is 18.5. The summed E-state index contributed by atoms with van der Waals surface area (Å²) in [6.07, 6.45) is 1.60. The number of urea groups is 1. The Labute approximate surface area is 160 Å². The molecule has 4 amide bonds. The van der Waals surface area contributed by atoms with Gasteiger partial charge in [-0.25, -0.2) is 9.69 Å². The maximum Gasteiger partial charge on any atom is 0.335 e. The molecule has 0 aromatic heterocycles. The molecule has 4 N–H and O–H groups in total. The molecular weight excluding hydrogens is 368 g/mol. The van der Waals surface area contributed by atoms with Crippen molar-refractivity contribution in [3.8, 4) is 0 Å². The van der Waals surface area contributed by atoms with Crippen LogP contribution in [0.5, 0.6) is 0 Å². The summed E-state index contributed by atoms with van der Waals surface area (Å²) in [5, 5.41) is 5.70. The number of anilines is 3. The van der Waals surface area contributed by atoms with E-state index < -0.39 is 23.8 Å². The lowest BCUT2D eigenvalue weighted by atomic mass is 9.99. The Morgan fingerprint density at radius 1 is 1.15 bits per heavy atom. The van der Waals surface area contributed by atoms with E-state index in [1.165, 1.54) is 12.1 Å². The number of rotatable bonds is 4. The van der Waals surface area contributed by atoms with Gasteiger partial charge in [-0.15, -0.1) is 0 Å². The largest absolute Gasteiger partial charge is 0.397 e. The van der Waals surface area contributed by atoms with E-state index in [4.69, 9.17) is 17.3 Å². The van der Waals surface area contributed by atoms with Crippen LogP contribution in [0.2, 0.25) is 5.02 Å². The highest BCUT2D eigenvalue weighted by Crippen LogP contribution is 2.28. The van der Waals surface area contributed by atoms with E-state index in [9.17, 15) is 14.4 Å². The average molecular weight is 385 g/mol. The Morgan fingerprint density at radius 3 is 2.44 bits per heavy atom. The van der Waals surface area contributed by atoms with Gasteiger partial charge in [0, 0.05) is 10.7 Å². The first-order chi connectivity index (χ1) is 12.9. The van der Waals surface area contributed by atoms with E-state index in [1.807, 2.05) is 0 Å². The summed E-state index contributed by atoms with van der Waals surface area (Å²) in [5.74, 6) is -2.59. The molecule has 2 aromatic carbocycles. The molecule has 0 radical (unpaired) electrons. The van der Waals surface area contributed by atoms with E-state index in [0.717, 1.165) is 4.90 Å². The van der Waals surface area contributed by atoms with Gasteiger partial charge < -0.3 is 11.1 Å². The van der Waals surface area contributed by atoms with Gasteiger partial charge in [-0.2, -0.15) is 0 Å². The Morgan fingerprint density at radius 2 is 1.81 bits per heavy atom. The van der Waals surface area contributed by atoms with Crippen LogP contribution in [-0.2, 0) is 9.59 Å². The number of carbonyl (C=O) groups is 3. The number of nitrogens with one attached hydrogen (secondary N) is 2. The Balaban J connectivity index is 1.94. The second-order valence-electron chi connectivity index (χ2n) is 5.83. The molecule has 7 nitrogen and oxygen atoms in total. The lowest BCUT2D eigenvalue weighted by molar-refractivity contribution is -0.132. The molecule has 1 aliphatic heterocycles. The minimum Gasteiger partial charge on any atom is -0.397 e. The van der Waals surface area contributed by atoms with Gasteiger partial charge in [0.25, 0.3) is 5.91 Å². The van der Waals surface area contributed by atoms with Gasteiger partial charge in [0.1, 0.15) is 0 Å². The summed E-state index contributed by atoms with van der Waals surface area (Å²) in [6.45, 7) is 1.69. The van der Waals surface area contributed by atoms with E-state index in [-0.39, 0.29) is 0 Å². The van der Waals surface area contributed by atoms with Crippen molar-refractivity contribution in [2.75, 3.05) is 16.0 Å². The molecule has 0 aliphatic carbocycles. The van der Waals surface area contributed by atoms with E-state index in [1.54, 1.807) is 49.4 Å². The van der Waals surface area contributed by atoms with Gasteiger partial charge in [0.05, 0.1) is 17.1 Å². The molecule has 138 valence electrons. The molecule has 3 rings (SSSR count). The fourth-order valence-electron chi connectivity index (χ4n) is 2.76. The zero-order valence-electron chi connectivity index (χ0n) is 14.4. The average Bonchev–Trinajstić information content (AvgIpc) is 2.63. The highest BCUT2D eigenvalue weighted by Gasteiger charge is 2.43. The predicted octanol–water partition coefficient (Wildman–Crippen LogP) is 3.14. The lowest BCUT2D eigenvalue weighted by Gasteiger charge is -2.31. The molecule has 1 fully saturated rings. The predicted molar refractivity (Wildman–Crippen MR) is 104 cm³/mol. The quantitative estimate of drug-likeness (QED) is 0.555. The molecule has 0 bridgehead atoms. The molecule has 1 saturated heterocycles. The zero-order valence-corrected chi connectivity index (χ0v) is 15.2. The standard InChI is InChI=1S/C19H17ClN4O3/c1-2-14(22-15-6-4-3-5-13(15)21)16-17(25)23-19(27)24(18(16)26)12-9-7-11(20)8-10-12/h2-10,16,22H,21H2,1H3,(H,23,25,27)/b14-2+/t16-/m1/s1. The number of hydrogen-bond acceptors (Lipinski definition) is 5. The van der Waals surface area contributed by atoms with E-state index >= 15 is 0 Å². The number of halogens is 1. The van der Waals surface area contributed by atoms with Crippen LogP contribution in [0.1, 0.15) is 6.92 Å². The van der Waals surface area contributed by atoms with Gasteiger partial charge in [-0.3, -0.25) is 14.9 Å². The maximum absolute atomic E-state index is 13.0. The molecular formula is C19H17ClN4O3. The van der Waals surface area contributed by atoms with Crippen LogP contribution < -0.4 is 21.3 Å². The lowest BCUT2D eigenvalue weighted by Crippen LogP contribution is -2.59. The molecule has 1 heterocycles. The highest BCUT2D eigenvalue weighted by molar-refractivity contribution is 6.31. The third-order valence-corrected chi connectivity index (χ3v) is 4.36. The number of carbonyl (C=O) groups excluding carboxylic acids is 3. The van der Waals surface area contributed by atoms with Crippen LogP contribution in [0.15, 0.2) is 60.3 Å². The Hall–Kier alpha value is -3.32. The second-order valence-corrected chi connectivity index (χ2v) is 6.27. The summed E-state index contributed by atoms with van der Waals surface area (Å²) in [5.41, 5.74) is 7.58. The number of imide groups is 2. The van der Waals surface area contributed by atoms with Crippen LogP contribution in [0.25, 0.3) is 0 Å². The van der Waals surface area contributed by atoms with Crippen molar-refractivity contribution in [3.05, 3.63) is 65.3 Å². The monoisotopic (exact) mass is 384 g/mol. The zero-order chi connectivity index (χ0) is 19.6. The molecule has 2 aromatic rings. The van der Waals surface area contributed by atoms with Crippen LogP contribution >= 0.6 is 11.6 Å². The number of para-hydroxylation sites is 2. The van der Waals surface area contributed by atoms with E-state index in [0.29, 0.717) is 27.8 Å². The van der Waals surface area contributed by atoms with Gasteiger partial charge in [0.15, 0.2) is 5.92 Å². The molecule has 1 atom stereocenters. The van der Waals surface area contributed by atoms with Gasteiger partial charge in [0.2, 0.25) is 5.91 Å². The number of allylic oxidation sites excluding steroid dienone is 1. The fourth-order valence-corrected chi connectivity index (χ4v) is 2.89. The van der Waals surface area contributed by atoms with Crippen LogP contribution in [0.4, 0.5) is 21.9 Å². The highest BCUT2D eigenvalue weighted by atomic mass is 35.5. The smallest absolute Gasteiger partial charge is 0.335 e. The minimum atomic E-state index is -1.22. The van der Waals surface area contributed by atoms with Crippen LogP contribution in [0.3, 0.4) is 0 Å². The van der Waals surface area contributed by atoms with Gasteiger partial charge in [-0.05, 0) is 43.3 Å². The third kappa shape index (κ3) is 3.63. The molecule has 0 saturated carbocycles. The topological polar surface area (TPSA) is 105 Å². The van der Waals surface area contributed by atoms with Crippen LogP contribution in [-0.4, -0.2) is 17.8 Å². The number of amides is 4. The summed E-state index contributed by atoms with van der Waals surface area (Å²) < 4.78 is 0. The summed E-state index contributed by atoms with van der Waals surface area (Å²) in [7, 11) is 0. The molecule has 27 heavy (non-hydrogen) atoms. The first-order valence-electron chi connectivity index (χ1n) is 8.14. The molecule has 8 heteroatoms. The van der Waals surface area contributed by atoms with Crippen molar-refractivity contribution in [1.82, 2.24) is 5.32 Å². The molecule has 1 aliphatic rings. The Bertz CT molecular complexity index is 940. The normalized spacial score (nSPS) is 17.7. The fraction of sp³-hybridized carbons (Fsp3) is 0.105. The van der Waals surface area contributed by atoms with Crippen molar-refractivity contribution in [2.45, 2.75) is 6.92 Å². The minimum absolute atomic E-state index is 0.314. The SMILES string of the molecule is C/C=C(/Nc1ccccc1N)[C@@H]1C(=O)NC(=O)N(c2ccc(Cl)cc2)C1=O. The molecule has 0 spiro atoms. The van der Waals surface area contributed by atoms with Crippen LogP contribution in [0, 0.1) is 5.92 Å². The number of nitrogens with two attached hydrogens (primary N) is 1. The van der Waals surface area contributed by atoms with Crippen molar-refractivity contribution >= 4 is 46.5 Å². The summed E-state index contributed by atoms with van der Waals surface area (Å²) in [6, 6.07) is 12.3. The van der Waals surface area contributed by atoms with Crippen molar-refractivity contribution in [3.63, 3.8) is 0 Å². The number of benzene rings is 2. The van der Waals surface area contributed by atoms with Crippen molar-refractivity contribution in [2.24, 2.45) is 5.92 Å². The summed E-state index contributed by atoms with van der Waals surface area (Å²) in [4.78, 5) is 38.6. The first-order valence-corrected chi connectivity index (χ1v) is 8.52. The number of hydrogen-bond donors (Lipinski definition) is 3.